The summed E-state index contributed by atoms with van der Waals surface area (Å²) in [7, 11) is 0. The van der Waals surface area contributed by atoms with E-state index in [1.54, 1.807) is 0 Å². The molecule has 0 radical (unpaired) electrons. The van der Waals surface area contributed by atoms with Crippen LogP contribution in [0.15, 0.2) is 24.4 Å². The Morgan fingerprint density at radius 1 is 1.35 bits per heavy atom. The van der Waals surface area contributed by atoms with Crippen LogP contribution < -0.4 is 10.6 Å². The summed E-state index contributed by atoms with van der Waals surface area (Å²) in [5.41, 5.74) is 5.70. The fourth-order valence-corrected chi connectivity index (χ4v) is 2.01. The summed E-state index contributed by atoms with van der Waals surface area (Å²) in [6.07, 6.45) is 4.35. The Labute approximate surface area is 117 Å². The number of hydrogen-bond donors (Lipinski definition) is 3. The quantitative estimate of drug-likeness (QED) is 0.672. The molecule has 2 rings (SSSR count). The Hall–Kier alpha value is -2.15. The number of carbonyl (C=O) groups is 2. The molecule has 7 heteroatoms. The van der Waals surface area contributed by atoms with Gasteiger partial charge in [-0.2, -0.15) is 0 Å². The van der Waals surface area contributed by atoms with Gasteiger partial charge in [0, 0.05) is 19.3 Å². The molecular weight excluding hydrogens is 262 g/mol. The van der Waals surface area contributed by atoms with E-state index in [0.717, 1.165) is 25.5 Å². The predicted molar refractivity (Wildman–Crippen MR) is 73.5 cm³/mol. The highest BCUT2D eigenvalue weighted by Crippen LogP contribution is 2.20. The van der Waals surface area contributed by atoms with Crippen LogP contribution in [0.2, 0.25) is 0 Å². The molecule has 2 heterocycles. The van der Waals surface area contributed by atoms with Crippen molar-refractivity contribution in [3.63, 3.8) is 0 Å². The van der Waals surface area contributed by atoms with Crippen LogP contribution in [0.3, 0.4) is 0 Å². The Morgan fingerprint density at radius 2 is 2.05 bits per heavy atom. The summed E-state index contributed by atoms with van der Waals surface area (Å²) in [6, 6.07) is 6.06. The van der Waals surface area contributed by atoms with Crippen molar-refractivity contribution in [1.82, 2.24) is 4.98 Å². The third-order valence-corrected chi connectivity index (χ3v) is 3.01. The number of carboxylic acid groups (broad SMARTS) is 2. The third kappa shape index (κ3) is 5.23. The third-order valence-electron chi connectivity index (χ3n) is 3.01. The van der Waals surface area contributed by atoms with Crippen molar-refractivity contribution in [2.24, 2.45) is 11.7 Å². The maximum Gasteiger partial charge on any atom is 0.414 e. The smallest absolute Gasteiger partial charge is 0.414 e. The second kappa shape index (κ2) is 8.11. The fourth-order valence-electron chi connectivity index (χ4n) is 2.01. The van der Waals surface area contributed by atoms with Gasteiger partial charge in [-0.1, -0.05) is 6.07 Å². The van der Waals surface area contributed by atoms with Crippen LogP contribution in [0.5, 0.6) is 0 Å². The SMILES string of the molecule is NCC1CCCN(c2ccccn2)C1.O=C(O)C(=O)O. The molecule has 1 aliphatic heterocycles. The second-order valence-electron chi connectivity index (χ2n) is 4.49. The fraction of sp³-hybridized carbons (Fsp3) is 0.462. The van der Waals surface area contributed by atoms with E-state index in [4.69, 9.17) is 25.5 Å². The number of hydrogen-bond acceptors (Lipinski definition) is 5. The highest BCUT2D eigenvalue weighted by Gasteiger charge is 2.19. The molecule has 0 amide bonds. The van der Waals surface area contributed by atoms with Gasteiger partial charge in [-0.05, 0) is 37.4 Å². The van der Waals surface area contributed by atoms with E-state index in [-0.39, 0.29) is 0 Å². The van der Waals surface area contributed by atoms with E-state index in [9.17, 15) is 0 Å². The topological polar surface area (TPSA) is 117 Å². The number of nitrogens with two attached hydrogens (primary N) is 1. The number of piperidine rings is 1. The molecule has 1 atom stereocenters. The first-order chi connectivity index (χ1) is 9.54. The summed E-state index contributed by atoms with van der Waals surface area (Å²) < 4.78 is 0. The van der Waals surface area contributed by atoms with E-state index in [2.05, 4.69) is 16.0 Å². The van der Waals surface area contributed by atoms with E-state index < -0.39 is 11.9 Å². The largest absolute Gasteiger partial charge is 0.473 e. The minimum absolute atomic E-state index is 0.644. The molecule has 1 unspecified atom stereocenters. The molecule has 1 aromatic heterocycles. The van der Waals surface area contributed by atoms with Crippen molar-refractivity contribution in [1.29, 1.82) is 0 Å². The maximum absolute atomic E-state index is 9.10. The molecule has 1 aromatic rings. The lowest BCUT2D eigenvalue weighted by Crippen LogP contribution is -2.38. The highest BCUT2D eigenvalue weighted by molar-refractivity contribution is 6.27. The molecule has 4 N–H and O–H groups in total. The minimum atomic E-state index is -1.82. The first-order valence-electron chi connectivity index (χ1n) is 6.36. The van der Waals surface area contributed by atoms with Gasteiger partial charge in [0.2, 0.25) is 0 Å². The van der Waals surface area contributed by atoms with Crippen molar-refractivity contribution in [2.45, 2.75) is 12.8 Å². The van der Waals surface area contributed by atoms with E-state index in [0.29, 0.717) is 5.92 Å². The lowest BCUT2D eigenvalue weighted by Gasteiger charge is -2.32. The summed E-state index contributed by atoms with van der Waals surface area (Å²) in [6.45, 7) is 2.98. The minimum Gasteiger partial charge on any atom is -0.473 e. The molecule has 1 fully saturated rings. The average Bonchev–Trinajstić information content (AvgIpc) is 2.49. The maximum atomic E-state index is 9.10. The van der Waals surface area contributed by atoms with E-state index >= 15 is 0 Å². The lowest BCUT2D eigenvalue weighted by atomic mass is 9.98. The molecule has 1 saturated heterocycles. The normalized spacial score (nSPS) is 17.9. The molecule has 0 aliphatic carbocycles. The molecule has 0 saturated carbocycles. The van der Waals surface area contributed by atoms with Gasteiger partial charge in [-0.25, -0.2) is 14.6 Å². The summed E-state index contributed by atoms with van der Waals surface area (Å²) in [4.78, 5) is 24.9. The Balaban J connectivity index is 0.000000286. The molecule has 7 nitrogen and oxygen atoms in total. The average molecular weight is 281 g/mol. The van der Waals surface area contributed by atoms with Gasteiger partial charge in [0.15, 0.2) is 0 Å². The molecule has 110 valence electrons. The van der Waals surface area contributed by atoms with Crippen LogP contribution >= 0.6 is 0 Å². The first-order valence-corrected chi connectivity index (χ1v) is 6.36. The van der Waals surface area contributed by atoms with Crippen molar-refractivity contribution < 1.29 is 19.8 Å². The number of carboxylic acids is 2. The van der Waals surface area contributed by atoms with Gasteiger partial charge >= 0.3 is 11.9 Å². The Morgan fingerprint density at radius 3 is 2.55 bits per heavy atom. The van der Waals surface area contributed by atoms with Crippen molar-refractivity contribution in [3.8, 4) is 0 Å². The number of pyridine rings is 1. The van der Waals surface area contributed by atoms with Gasteiger partial charge in [0.1, 0.15) is 5.82 Å². The van der Waals surface area contributed by atoms with Gasteiger partial charge in [0.25, 0.3) is 0 Å². The van der Waals surface area contributed by atoms with Gasteiger partial charge in [-0.3, -0.25) is 0 Å². The number of nitrogens with zero attached hydrogens (tertiary/aromatic N) is 2. The molecule has 1 aliphatic rings. The lowest BCUT2D eigenvalue weighted by molar-refractivity contribution is -0.159. The van der Waals surface area contributed by atoms with Crippen LogP contribution in [0.4, 0.5) is 5.82 Å². The predicted octanol–water partition coefficient (Wildman–Crippen LogP) is 0.412. The highest BCUT2D eigenvalue weighted by atomic mass is 16.4. The Kier molecular flexibility index (Phi) is 6.45. The zero-order valence-corrected chi connectivity index (χ0v) is 11.1. The summed E-state index contributed by atoms with van der Waals surface area (Å²) in [5.74, 6) is -1.92. The zero-order valence-electron chi connectivity index (χ0n) is 11.1. The van der Waals surface area contributed by atoms with Crippen molar-refractivity contribution >= 4 is 17.8 Å². The van der Waals surface area contributed by atoms with Crippen LogP contribution in [0.25, 0.3) is 0 Å². The molecule has 0 bridgehead atoms. The second-order valence-corrected chi connectivity index (χ2v) is 4.49. The monoisotopic (exact) mass is 281 g/mol. The van der Waals surface area contributed by atoms with Crippen LogP contribution in [-0.2, 0) is 9.59 Å². The number of anilines is 1. The first kappa shape index (κ1) is 15.9. The van der Waals surface area contributed by atoms with Crippen LogP contribution in [0.1, 0.15) is 12.8 Å². The molecule has 0 spiro atoms. The van der Waals surface area contributed by atoms with Crippen molar-refractivity contribution in [3.05, 3.63) is 24.4 Å². The number of aliphatic carboxylic acids is 2. The Bertz CT molecular complexity index is 427. The van der Waals surface area contributed by atoms with Crippen molar-refractivity contribution in [2.75, 3.05) is 24.5 Å². The number of aromatic nitrogens is 1. The molecular formula is C13H19N3O4. The van der Waals surface area contributed by atoms with Crippen LogP contribution in [0, 0.1) is 5.92 Å². The molecule has 20 heavy (non-hydrogen) atoms. The van der Waals surface area contributed by atoms with E-state index in [1.807, 2.05) is 18.3 Å². The van der Waals surface area contributed by atoms with Gasteiger partial charge < -0.3 is 20.8 Å². The molecule has 0 aromatic carbocycles. The van der Waals surface area contributed by atoms with E-state index in [1.165, 1.54) is 12.8 Å². The summed E-state index contributed by atoms with van der Waals surface area (Å²) >= 11 is 0. The summed E-state index contributed by atoms with van der Waals surface area (Å²) in [5, 5.41) is 14.8. The van der Waals surface area contributed by atoms with Gasteiger partial charge in [-0.15, -0.1) is 0 Å². The zero-order chi connectivity index (χ0) is 15.0. The number of rotatable bonds is 2. The standard InChI is InChI=1S/C11H17N3.C2H2O4/c12-8-10-4-3-7-14(9-10)11-5-1-2-6-13-11;3-1(4)2(5)6/h1-2,5-6,10H,3-4,7-9,12H2;(H,3,4)(H,5,6). The van der Waals surface area contributed by atoms with Gasteiger partial charge in [0.05, 0.1) is 0 Å². The van der Waals surface area contributed by atoms with Crippen LogP contribution in [-0.4, -0.2) is 46.8 Å².